The Morgan fingerprint density at radius 3 is 2.41 bits per heavy atom. The first-order valence-corrected chi connectivity index (χ1v) is 5.99. The van der Waals surface area contributed by atoms with Crippen LogP contribution in [0.15, 0.2) is 12.4 Å². The van der Waals surface area contributed by atoms with Gasteiger partial charge in [0.2, 0.25) is 11.9 Å². The molecule has 0 saturated carbocycles. The topological polar surface area (TPSA) is 58.1 Å². The Kier molecular flexibility index (Phi) is 5.15. The Balaban J connectivity index is 2.62. The minimum Gasteiger partial charge on any atom is -0.343 e. The van der Waals surface area contributed by atoms with Crippen LogP contribution in [0.5, 0.6) is 0 Å². The number of carbonyl (C=O) groups excluding carboxylic acids is 1. The zero-order valence-electron chi connectivity index (χ0n) is 10.3. The monoisotopic (exact) mass is 256 g/mol. The molecule has 1 N–H and O–H groups in total. The molecule has 0 fully saturated rings. The Bertz CT molecular complexity index is 364. The highest BCUT2D eigenvalue weighted by Gasteiger charge is 2.18. The van der Waals surface area contributed by atoms with Crippen molar-refractivity contribution >= 4 is 23.5 Å². The molecule has 0 aromatic carbocycles. The van der Waals surface area contributed by atoms with Crippen LogP contribution < -0.4 is 5.32 Å². The van der Waals surface area contributed by atoms with Crippen LogP contribution in [-0.2, 0) is 4.79 Å². The van der Waals surface area contributed by atoms with Gasteiger partial charge in [-0.3, -0.25) is 4.79 Å². The molecular weight excluding hydrogens is 240 g/mol. The van der Waals surface area contributed by atoms with E-state index >= 15 is 0 Å². The fraction of sp³-hybridized carbons (Fsp3) is 0.545. The fourth-order valence-electron chi connectivity index (χ4n) is 1.45. The van der Waals surface area contributed by atoms with Crippen molar-refractivity contribution < 1.29 is 4.79 Å². The van der Waals surface area contributed by atoms with Gasteiger partial charge in [0.25, 0.3) is 0 Å². The van der Waals surface area contributed by atoms with Gasteiger partial charge in [0.1, 0.15) is 6.04 Å². The van der Waals surface area contributed by atoms with Gasteiger partial charge < -0.3 is 10.2 Å². The summed E-state index contributed by atoms with van der Waals surface area (Å²) in [5, 5.41) is 3.42. The molecule has 6 heteroatoms. The van der Waals surface area contributed by atoms with E-state index in [-0.39, 0.29) is 11.9 Å². The number of nitrogens with one attached hydrogen (secondary N) is 1. The quantitative estimate of drug-likeness (QED) is 0.873. The number of hydrogen-bond acceptors (Lipinski definition) is 4. The molecule has 1 aromatic heterocycles. The molecular formula is C11H17ClN4O. The summed E-state index contributed by atoms with van der Waals surface area (Å²) >= 11 is 5.68. The first-order chi connectivity index (χ1) is 8.08. The van der Waals surface area contributed by atoms with Gasteiger partial charge in [-0.2, -0.15) is 0 Å². The molecule has 0 saturated heterocycles. The van der Waals surface area contributed by atoms with Crippen LogP contribution in [0.1, 0.15) is 20.8 Å². The zero-order valence-corrected chi connectivity index (χ0v) is 11.0. The molecule has 1 unspecified atom stereocenters. The second-order valence-electron chi connectivity index (χ2n) is 3.60. The maximum absolute atomic E-state index is 12.0. The molecule has 0 bridgehead atoms. The summed E-state index contributed by atoms with van der Waals surface area (Å²) in [6, 6.07) is -0.351. The lowest BCUT2D eigenvalue weighted by atomic mass is 10.3. The number of anilines is 1. The van der Waals surface area contributed by atoms with Crippen molar-refractivity contribution in [2.24, 2.45) is 0 Å². The summed E-state index contributed by atoms with van der Waals surface area (Å²) in [6.45, 7) is 7.09. The van der Waals surface area contributed by atoms with E-state index in [0.29, 0.717) is 24.1 Å². The van der Waals surface area contributed by atoms with Crippen molar-refractivity contribution in [1.29, 1.82) is 0 Å². The predicted molar refractivity (Wildman–Crippen MR) is 68.1 cm³/mol. The molecule has 1 rings (SSSR count). The van der Waals surface area contributed by atoms with Crippen LogP contribution in [0.4, 0.5) is 5.95 Å². The minimum absolute atomic E-state index is 0.0357. The van der Waals surface area contributed by atoms with Gasteiger partial charge in [0, 0.05) is 13.1 Å². The van der Waals surface area contributed by atoms with Crippen LogP contribution in [-0.4, -0.2) is 39.9 Å². The highest BCUT2D eigenvalue weighted by Crippen LogP contribution is 2.07. The number of aromatic nitrogens is 2. The molecule has 1 atom stereocenters. The van der Waals surface area contributed by atoms with Crippen LogP contribution in [0.3, 0.4) is 0 Å². The van der Waals surface area contributed by atoms with Crippen LogP contribution in [0, 0.1) is 0 Å². The van der Waals surface area contributed by atoms with Gasteiger partial charge in [-0.05, 0) is 20.8 Å². The van der Waals surface area contributed by atoms with E-state index in [1.165, 1.54) is 12.4 Å². The van der Waals surface area contributed by atoms with Gasteiger partial charge in [-0.25, -0.2) is 9.97 Å². The summed E-state index contributed by atoms with van der Waals surface area (Å²) in [7, 11) is 0. The van der Waals surface area contributed by atoms with Crippen LogP contribution in [0.25, 0.3) is 0 Å². The number of carbonyl (C=O) groups is 1. The third-order valence-corrected chi connectivity index (χ3v) is 2.61. The molecule has 0 aliphatic carbocycles. The Morgan fingerprint density at radius 1 is 1.41 bits per heavy atom. The van der Waals surface area contributed by atoms with E-state index in [9.17, 15) is 4.79 Å². The lowest BCUT2D eigenvalue weighted by molar-refractivity contribution is -0.131. The zero-order chi connectivity index (χ0) is 12.8. The van der Waals surface area contributed by atoms with Crippen molar-refractivity contribution in [2.75, 3.05) is 18.4 Å². The Hall–Kier alpha value is -1.36. The molecule has 0 aliphatic rings. The normalized spacial score (nSPS) is 12.0. The predicted octanol–water partition coefficient (Wildman–Crippen LogP) is 1.80. The average Bonchev–Trinajstić information content (AvgIpc) is 2.33. The van der Waals surface area contributed by atoms with E-state index in [1.807, 2.05) is 13.8 Å². The SMILES string of the molecule is CCN(CC)C(=O)C(C)Nc1ncc(Cl)cn1. The number of nitrogens with zero attached hydrogens (tertiary/aromatic N) is 3. The van der Waals surface area contributed by atoms with Crippen molar-refractivity contribution in [1.82, 2.24) is 14.9 Å². The molecule has 1 aromatic rings. The molecule has 94 valence electrons. The van der Waals surface area contributed by atoms with E-state index < -0.39 is 0 Å². The molecule has 1 heterocycles. The molecule has 0 spiro atoms. The van der Waals surface area contributed by atoms with Crippen molar-refractivity contribution in [3.05, 3.63) is 17.4 Å². The molecule has 17 heavy (non-hydrogen) atoms. The third-order valence-electron chi connectivity index (χ3n) is 2.41. The second kappa shape index (κ2) is 6.39. The Morgan fingerprint density at radius 2 is 1.94 bits per heavy atom. The lowest BCUT2D eigenvalue weighted by Crippen LogP contribution is -2.41. The molecule has 0 aliphatic heterocycles. The van der Waals surface area contributed by atoms with Gasteiger partial charge in [-0.1, -0.05) is 11.6 Å². The second-order valence-corrected chi connectivity index (χ2v) is 4.04. The standard InChI is InChI=1S/C11H17ClN4O/c1-4-16(5-2)10(17)8(3)15-11-13-6-9(12)7-14-11/h6-8H,4-5H2,1-3H3,(H,13,14,15). The van der Waals surface area contributed by atoms with Gasteiger partial charge in [0.15, 0.2) is 0 Å². The minimum atomic E-state index is -0.351. The summed E-state index contributed by atoms with van der Waals surface area (Å²) in [6.07, 6.45) is 2.98. The van der Waals surface area contributed by atoms with Gasteiger partial charge in [-0.15, -0.1) is 0 Å². The van der Waals surface area contributed by atoms with E-state index in [2.05, 4.69) is 15.3 Å². The number of rotatable bonds is 5. The average molecular weight is 257 g/mol. The lowest BCUT2D eigenvalue weighted by Gasteiger charge is -2.23. The third kappa shape index (κ3) is 3.85. The first kappa shape index (κ1) is 13.7. The largest absolute Gasteiger partial charge is 0.343 e. The van der Waals surface area contributed by atoms with E-state index in [0.717, 1.165) is 0 Å². The summed E-state index contributed by atoms with van der Waals surface area (Å²) < 4.78 is 0. The first-order valence-electron chi connectivity index (χ1n) is 5.61. The number of amides is 1. The van der Waals surface area contributed by atoms with Crippen molar-refractivity contribution in [3.63, 3.8) is 0 Å². The maximum Gasteiger partial charge on any atom is 0.244 e. The van der Waals surface area contributed by atoms with Crippen LogP contribution in [0.2, 0.25) is 5.02 Å². The summed E-state index contributed by atoms with van der Waals surface area (Å²) in [5.41, 5.74) is 0. The molecule has 1 amide bonds. The van der Waals surface area contributed by atoms with Crippen molar-refractivity contribution in [2.45, 2.75) is 26.8 Å². The Labute approximate surface area is 106 Å². The summed E-state index contributed by atoms with van der Waals surface area (Å²) in [5.74, 6) is 0.441. The van der Waals surface area contributed by atoms with Gasteiger partial charge >= 0.3 is 0 Å². The number of hydrogen-bond donors (Lipinski definition) is 1. The van der Waals surface area contributed by atoms with Crippen molar-refractivity contribution in [3.8, 4) is 0 Å². The highest BCUT2D eigenvalue weighted by atomic mass is 35.5. The number of halogens is 1. The van der Waals surface area contributed by atoms with E-state index in [1.54, 1.807) is 11.8 Å². The smallest absolute Gasteiger partial charge is 0.244 e. The van der Waals surface area contributed by atoms with Gasteiger partial charge in [0.05, 0.1) is 17.4 Å². The molecule has 0 radical (unpaired) electrons. The maximum atomic E-state index is 12.0. The number of likely N-dealkylation sites (N-methyl/N-ethyl adjacent to an activating group) is 1. The summed E-state index contributed by atoms with van der Waals surface area (Å²) in [4.78, 5) is 21.7. The highest BCUT2D eigenvalue weighted by molar-refractivity contribution is 6.30. The van der Waals surface area contributed by atoms with Crippen LogP contribution >= 0.6 is 11.6 Å². The fourth-order valence-corrected chi connectivity index (χ4v) is 1.55. The van der Waals surface area contributed by atoms with E-state index in [4.69, 9.17) is 11.6 Å². The molecule has 5 nitrogen and oxygen atoms in total.